The lowest BCUT2D eigenvalue weighted by molar-refractivity contribution is 0.620. The molecule has 6 nitrogen and oxygen atoms in total. The van der Waals surface area contributed by atoms with Crippen molar-refractivity contribution in [1.29, 1.82) is 0 Å². The van der Waals surface area contributed by atoms with E-state index in [9.17, 15) is 0 Å². The average molecular weight is 1300 g/mol. The molecule has 18 rings (SSSR count). The predicted octanol–water partition coefficient (Wildman–Crippen LogP) is 25.8. The minimum absolute atomic E-state index is 0.552. The summed E-state index contributed by atoms with van der Waals surface area (Å²) >= 11 is 0. The lowest BCUT2D eigenvalue weighted by Gasteiger charge is -2.14. The average Bonchev–Trinajstić information content (AvgIpc) is 1.53. The van der Waals surface area contributed by atoms with E-state index < -0.39 is 0 Å². The van der Waals surface area contributed by atoms with Gasteiger partial charge in [-0.25, -0.2) is 15.0 Å². The largest absolute Gasteiger partial charge is 0.435 e. The molecule has 0 N–H and O–H groups in total. The Kier molecular flexibility index (Phi) is 15.8. The van der Waals surface area contributed by atoms with E-state index in [0.717, 1.165) is 178 Å². The van der Waals surface area contributed by atoms with Gasteiger partial charge in [-0.3, -0.25) is 4.98 Å². The van der Waals surface area contributed by atoms with E-state index in [-0.39, 0.29) is 0 Å². The topological polar surface area (TPSA) is 77.8 Å². The molecule has 0 saturated heterocycles. The number of aromatic nitrogens is 4. The first-order chi connectivity index (χ1) is 50.6. The van der Waals surface area contributed by atoms with Crippen LogP contribution in [0.15, 0.2) is 385 Å². The van der Waals surface area contributed by atoms with Crippen LogP contribution in [0.4, 0.5) is 0 Å². The van der Waals surface area contributed by atoms with Crippen LogP contribution in [-0.4, -0.2) is 19.9 Å². The molecule has 0 aliphatic heterocycles. The molecule has 0 spiro atoms. The maximum absolute atomic E-state index is 7.02. The fourth-order valence-corrected chi connectivity index (χ4v) is 14.3. The van der Waals surface area contributed by atoms with Crippen LogP contribution < -0.4 is 0 Å². The maximum Gasteiger partial charge on any atom is 0.227 e. The Balaban J connectivity index is 0.653. The highest BCUT2D eigenvalue weighted by Gasteiger charge is 2.25. The lowest BCUT2D eigenvalue weighted by atomic mass is 9.90. The highest BCUT2D eigenvalue weighted by atomic mass is 16.4. The van der Waals surface area contributed by atoms with Crippen LogP contribution in [0, 0.1) is 0 Å². The third-order valence-electron chi connectivity index (χ3n) is 19.4. The monoisotopic (exact) mass is 1300 g/mol. The molecular formula is C96H62N4O2. The second kappa shape index (κ2) is 26.6. The highest BCUT2D eigenvalue weighted by Crippen LogP contribution is 2.47. The molecule has 0 aliphatic carbocycles. The first-order valence-corrected chi connectivity index (χ1v) is 34.4. The molecule has 0 radical (unpaired) electrons. The second-order valence-corrected chi connectivity index (χ2v) is 25.5. The summed E-state index contributed by atoms with van der Waals surface area (Å²) < 4.78 is 14.0. The number of hydrogen-bond acceptors (Lipinski definition) is 6. The van der Waals surface area contributed by atoms with Crippen molar-refractivity contribution in [1.82, 2.24) is 19.9 Å². The van der Waals surface area contributed by atoms with Crippen molar-refractivity contribution in [2.75, 3.05) is 0 Å². The van der Waals surface area contributed by atoms with Crippen molar-refractivity contribution in [3.63, 3.8) is 0 Å². The van der Waals surface area contributed by atoms with Gasteiger partial charge in [-0.15, -0.1) is 0 Å². The smallest absolute Gasteiger partial charge is 0.227 e. The number of hydrogen-bond donors (Lipinski definition) is 0. The molecule has 0 fully saturated rings. The van der Waals surface area contributed by atoms with Crippen LogP contribution >= 0.6 is 0 Å². The van der Waals surface area contributed by atoms with Gasteiger partial charge in [-0.1, -0.05) is 309 Å². The molecule has 0 aliphatic rings. The van der Waals surface area contributed by atoms with Gasteiger partial charge in [-0.05, 0) is 155 Å². The second-order valence-electron chi connectivity index (χ2n) is 25.5. The van der Waals surface area contributed by atoms with Gasteiger partial charge in [0.25, 0.3) is 0 Å². The van der Waals surface area contributed by atoms with Crippen molar-refractivity contribution in [2.24, 2.45) is 0 Å². The van der Waals surface area contributed by atoms with E-state index in [4.69, 9.17) is 28.8 Å². The van der Waals surface area contributed by atoms with E-state index >= 15 is 0 Å². The molecule has 4 aromatic heterocycles. The summed E-state index contributed by atoms with van der Waals surface area (Å²) in [6.45, 7) is 0. The third kappa shape index (κ3) is 11.5. The van der Waals surface area contributed by atoms with E-state index in [2.05, 4.69) is 352 Å². The number of pyridine rings is 2. The molecule has 14 aromatic carbocycles. The molecule has 4 heterocycles. The van der Waals surface area contributed by atoms with Gasteiger partial charge in [0.05, 0.1) is 17.1 Å². The number of oxazole rings is 2. The number of benzene rings is 14. The zero-order valence-electron chi connectivity index (χ0n) is 55.4. The molecule has 0 bridgehead atoms. The van der Waals surface area contributed by atoms with Crippen molar-refractivity contribution >= 4 is 22.2 Å². The SMILES string of the molecule is c1ccc(-c2ccccc2-c2ccc(-c3ccccc3-c3ccccc3)c3oc(-c4ccc(-c5ccc(-c6ccc(-c7ccccn7)nc6-c6ccc(-c7ccc(-c8nc9c(-c%10ccccc%10-c%10ccccc%10)ccc(-c%10ccccc%10-c%10ccccc%10)c9o8)cc7)cc6)cc5)cc4)nc23)cc1. The fraction of sp³-hybridized carbons (Fsp3) is 0. The summed E-state index contributed by atoms with van der Waals surface area (Å²) in [6, 6.07) is 130. The molecule has 6 heteroatoms. The van der Waals surface area contributed by atoms with Crippen molar-refractivity contribution in [2.45, 2.75) is 0 Å². The van der Waals surface area contributed by atoms with Crippen LogP contribution in [0.25, 0.3) is 190 Å². The maximum atomic E-state index is 7.02. The molecule has 478 valence electrons. The standard InChI is InChI=1S/C96H62N4O2/c1-5-23-67(24-6-1)75-31-13-17-35-80(75)84-56-58-86(82-37-19-15-33-77(82)69-27-9-3-10-28-69)93-91(84)99-95(101-93)73-52-44-65(45-53-73)63-40-48-71(49-41-63)79-60-61-89(88-39-21-22-62-97-88)98-90(79)72-50-42-64(43-51-72)66-46-54-74(55-47-66)96-100-92-85(81-36-18-14-32-76(81)68-25-7-2-8-26-68)57-59-87(94(92)102-96)83-38-20-16-34-78(83)70-29-11-4-12-30-70/h1-62H. The first kappa shape index (κ1) is 60.7. The zero-order chi connectivity index (χ0) is 67.7. The normalized spacial score (nSPS) is 11.3. The van der Waals surface area contributed by atoms with E-state index in [1.165, 1.54) is 0 Å². The highest BCUT2D eigenvalue weighted by molar-refractivity contribution is 6.07. The summed E-state index contributed by atoms with van der Waals surface area (Å²) in [5.41, 5.74) is 32.0. The zero-order valence-corrected chi connectivity index (χ0v) is 55.4. The lowest BCUT2D eigenvalue weighted by Crippen LogP contribution is -1.94. The van der Waals surface area contributed by atoms with Gasteiger partial charge in [0.1, 0.15) is 11.0 Å². The van der Waals surface area contributed by atoms with Crippen LogP contribution in [0.1, 0.15) is 0 Å². The third-order valence-corrected chi connectivity index (χ3v) is 19.4. The Labute approximate surface area is 591 Å². The molecule has 0 unspecified atom stereocenters. The quantitative estimate of drug-likeness (QED) is 0.102. The Bertz CT molecular complexity index is 5810. The summed E-state index contributed by atoms with van der Waals surface area (Å²) in [5, 5.41) is 0. The van der Waals surface area contributed by atoms with Crippen molar-refractivity contribution < 1.29 is 8.83 Å². The predicted molar refractivity (Wildman–Crippen MR) is 419 cm³/mol. The number of fused-ring (bicyclic) bond motifs is 2. The Morgan fingerprint density at radius 2 is 0.451 bits per heavy atom. The summed E-state index contributed by atoms with van der Waals surface area (Å²) in [4.78, 5) is 20.8. The van der Waals surface area contributed by atoms with Crippen molar-refractivity contribution in [3.8, 4) is 168 Å². The minimum Gasteiger partial charge on any atom is -0.435 e. The van der Waals surface area contributed by atoms with Crippen molar-refractivity contribution in [3.05, 3.63) is 376 Å². The Morgan fingerprint density at radius 1 is 0.167 bits per heavy atom. The van der Waals surface area contributed by atoms with Crippen LogP contribution in [-0.2, 0) is 0 Å². The minimum atomic E-state index is 0.552. The molecule has 0 atom stereocenters. The van der Waals surface area contributed by atoms with E-state index in [1.54, 1.807) is 0 Å². The van der Waals surface area contributed by atoms with Gasteiger partial charge in [0.2, 0.25) is 11.8 Å². The van der Waals surface area contributed by atoms with Crippen LogP contribution in [0.5, 0.6) is 0 Å². The van der Waals surface area contributed by atoms with Crippen LogP contribution in [0.3, 0.4) is 0 Å². The first-order valence-electron chi connectivity index (χ1n) is 34.4. The van der Waals surface area contributed by atoms with Gasteiger partial charge in [0.15, 0.2) is 11.2 Å². The molecule has 102 heavy (non-hydrogen) atoms. The van der Waals surface area contributed by atoms with Gasteiger partial charge in [0, 0.05) is 50.7 Å². The van der Waals surface area contributed by atoms with Crippen LogP contribution in [0.2, 0.25) is 0 Å². The number of rotatable bonds is 15. The molecule has 0 saturated carbocycles. The van der Waals surface area contributed by atoms with Gasteiger partial charge in [-0.2, -0.15) is 0 Å². The molecule has 0 amide bonds. The molecule has 18 aromatic rings. The Hall–Kier alpha value is -13.7. The van der Waals surface area contributed by atoms with E-state index in [1.807, 2.05) is 24.4 Å². The fourth-order valence-electron chi connectivity index (χ4n) is 14.3. The number of nitrogens with zero attached hydrogens (tertiary/aromatic N) is 4. The summed E-state index contributed by atoms with van der Waals surface area (Å²) in [5.74, 6) is 1.11. The van der Waals surface area contributed by atoms with Gasteiger partial charge < -0.3 is 8.83 Å². The molecular weight excluding hydrogens is 1240 g/mol. The van der Waals surface area contributed by atoms with E-state index in [0.29, 0.717) is 11.8 Å². The summed E-state index contributed by atoms with van der Waals surface area (Å²) in [7, 11) is 0. The Morgan fingerprint density at radius 3 is 0.814 bits per heavy atom. The van der Waals surface area contributed by atoms with Gasteiger partial charge >= 0.3 is 0 Å². The summed E-state index contributed by atoms with van der Waals surface area (Å²) in [6.07, 6.45) is 1.81.